The molecule has 0 N–H and O–H groups in total. The Hall–Kier alpha value is -2.05. The van der Waals surface area contributed by atoms with Gasteiger partial charge in [-0.3, -0.25) is 9.48 Å². The number of piperidine rings is 1. The molecule has 2 amide bonds. The Labute approximate surface area is 130 Å². The quantitative estimate of drug-likeness (QED) is 0.839. The van der Waals surface area contributed by atoms with Crippen LogP contribution in [0, 0.1) is 5.92 Å². The predicted octanol–water partition coefficient (Wildman–Crippen LogP) is 1.25. The van der Waals surface area contributed by atoms with E-state index < -0.39 is 0 Å². The number of carbonyl (C=O) groups excluding carboxylic acids is 2. The van der Waals surface area contributed by atoms with Gasteiger partial charge >= 0.3 is 6.09 Å². The molecule has 2 heterocycles. The largest absolute Gasteiger partial charge is 0.450 e. The van der Waals surface area contributed by atoms with Crippen molar-refractivity contribution >= 4 is 12.0 Å². The third-order valence-corrected chi connectivity index (χ3v) is 3.85. The number of aromatic nitrogens is 2. The third-order valence-electron chi connectivity index (χ3n) is 3.85. The maximum absolute atomic E-state index is 12.6. The van der Waals surface area contributed by atoms with Gasteiger partial charge in [0.2, 0.25) is 5.91 Å². The van der Waals surface area contributed by atoms with Gasteiger partial charge in [0, 0.05) is 45.5 Å². The summed E-state index contributed by atoms with van der Waals surface area (Å²) in [7, 11) is 3.64. The minimum absolute atomic E-state index is 0.0675. The highest BCUT2D eigenvalue weighted by Gasteiger charge is 2.30. The van der Waals surface area contributed by atoms with Crippen molar-refractivity contribution < 1.29 is 14.3 Å². The van der Waals surface area contributed by atoms with Gasteiger partial charge in [0.15, 0.2) is 0 Å². The fourth-order valence-electron chi connectivity index (χ4n) is 2.78. The second-order valence-electron chi connectivity index (χ2n) is 5.70. The Morgan fingerprint density at radius 3 is 2.91 bits per heavy atom. The van der Waals surface area contributed by atoms with Gasteiger partial charge < -0.3 is 14.5 Å². The highest BCUT2D eigenvalue weighted by atomic mass is 16.6. The van der Waals surface area contributed by atoms with Crippen molar-refractivity contribution in [2.75, 3.05) is 26.7 Å². The molecule has 1 aromatic heterocycles. The third kappa shape index (κ3) is 3.99. The molecule has 7 nitrogen and oxygen atoms in total. The van der Waals surface area contributed by atoms with E-state index in [2.05, 4.69) is 5.10 Å². The van der Waals surface area contributed by atoms with Crippen LogP contribution >= 0.6 is 0 Å². The first-order valence-corrected chi connectivity index (χ1v) is 7.65. The van der Waals surface area contributed by atoms with E-state index in [0.717, 1.165) is 18.4 Å². The van der Waals surface area contributed by atoms with E-state index in [0.29, 0.717) is 26.2 Å². The minimum Gasteiger partial charge on any atom is -0.450 e. The molecular weight excluding hydrogens is 284 g/mol. The first-order chi connectivity index (χ1) is 10.5. The molecule has 0 radical (unpaired) electrons. The van der Waals surface area contributed by atoms with Crippen molar-refractivity contribution in [1.29, 1.82) is 0 Å². The first-order valence-electron chi connectivity index (χ1n) is 7.65. The summed E-state index contributed by atoms with van der Waals surface area (Å²) in [6.45, 7) is 3.77. The summed E-state index contributed by atoms with van der Waals surface area (Å²) in [5.74, 6) is -0.0855. The summed E-state index contributed by atoms with van der Waals surface area (Å²) in [6.07, 6.45) is 4.97. The molecule has 1 atom stereocenters. The predicted molar refractivity (Wildman–Crippen MR) is 81.0 cm³/mol. The van der Waals surface area contributed by atoms with E-state index in [1.54, 1.807) is 34.6 Å². The summed E-state index contributed by atoms with van der Waals surface area (Å²) in [5.41, 5.74) is 0.997. The van der Waals surface area contributed by atoms with Crippen LogP contribution in [0.4, 0.5) is 4.79 Å². The molecule has 2 rings (SSSR count). The maximum Gasteiger partial charge on any atom is 0.409 e. The molecular formula is C15H24N4O3. The first kappa shape index (κ1) is 16.3. The highest BCUT2D eigenvalue weighted by Crippen LogP contribution is 2.20. The summed E-state index contributed by atoms with van der Waals surface area (Å²) in [4.78, 5) is 27.7. The fourth-order valence-corrected chi connectivity index (χ4v) is 2.78. The van der Waals surface area contributed by atoms with Crippen molar-refractivity contribution in [2.45, 2.75) is 26.3 Å². The molecule has 1 unspecified atom stereocenters. The molecule has 1 aromatic rings. The van der Waals surface area contributed by atoms with E-state index in [1.807, 2.05) is 13.2 Å². The highest BCUT2D eigenvalue weighted by molar-refractivity contribution is 5.80. The number of nitrogens with zero attached hydrogens (tertiary/aromatic N) is 4. The van der Waals surface area contributed by atoms with Crippen LogP contribution in [0.25, 0.3) is 0 Å². The average molecular weight is 308 g/mol. The molecule has 122 valence electrons. The Balaban J connectivity index is 1.91. The summed E-state index contributed by atoms with van der Waals surface area (Å²) in [5, 5.41) is 4.11. The van der Waals surface area contributed by atoms with Crippen LogP contribution in [-0.2, 0) is 23.1 Å². The molecule has 1 aliphatic heterocycles. The van der Waals surface area contributed by atoms with Crippen LogP contribution in [0.2, 0.25) is 0 Å². The maximum atomic E-state index is 12.6. The van der Waals surface area contributed by atoms with Crippen LogP contribution in [-0.4, -0.2) is 58.3 Å². The van der Waals surface area contributed by atoms with E-state index in [-0.39, 0.29) is 17.9 Å². The number of hydrogen-bond acceptors (Lipinski definition) is 4. The molecule has 1 fully saturated rings. The molecule has 0 saturated carbocycles. The summed E-state index contributed by atoms with van der Waals surface area (Å²) in [6, 6.07) is 0. The monoisotopic (exact) mass is 308 g/mol. The smallest absolute Gasteiger partial charge is 0.409 e. The van der Waals surface area contributed by atoms with Gasteiger partial charge in [0.25, 0.3) is 0 Å². The SMILES string of the molecule is CCOC(=O)N1CCCC(C(=O)N(C)Cc2cnn(C)c2)C1. The van der Waals surface area contributed by atoms with Gasteiger partial charge in [-0.05, 0) is 19.8 Å². The van der Waals surface area contributed by atoms with Gasteiger partial charge in [-0.25, -0.2) is 4.79 Å². The van der Waals surface area contributed by atoms with Crippen LogP contribution in [0.1, 0.15) is 25.3 Å². The number of amides is 2. The Morgan fingerprint density at radius 2 is 2.27 bits per heavy atom. The molecule has 0 spiro atoms. The van der Waals surface area contributed by atoms with Gasteiger partial charge in [-0.2, -0.15) is 5.10 Å². The van der Waals surface area contributed by atoms with Crippen molar-refractivity contribution in [2.24, 2.45) is 13.0 Å². The van der Waals surface area contributed by atoms with Crippen LogP contribution < -0.4 is 0 Å². The molecule has 0 aliphatic carbocycles. The molecule has 7 heteroatoms. The minimum atomic E-state index is -0.324. The lowest BCUT2D eigenvalue weighted by Gasteiger charge is -2.33. The van der Waals surface area contributed by atoms with Crippen LogP contribution in [0.15, 0.2) is 12.4 Å². The lowest BCUT2D eigenvalue weighted by molar-refractivity contribution is -0.136. The number of ether oxygens (including phenoxy) is 1. The van der Waals surface area contributed by atoms with E-state index in [9.17, 15) is 9.59 Å². The zero-order valence-corrected chi connectivity index (χ0v) is 13.5. The fraction of sp³-hybridized carbons (Fsp3) is 0.667. The average Bonchev–Trinajstić information content (AvgIpc) is 2.92. The normalized spacial score (nSPS) is 18.1. The summed E-state index contributed by atoms with van der Waals surface area (Å²) < 4.78 is 6.74. The molecule has 0 bridgehead atoms. The van der Waals surface area contributed by atoms with Crippen molar-refractivity contribution in [1.82, 2.24) is 19.6 Å². The second kappa shape index (κ2) is 7.29. The van der Waals surface area contributed by atoms with Crippen molar-refractivity contribution in [3.8, 4) is 0 Å². The molecule has 1 aliphatic rings. The topological polar surface area (TPSA) is 67.7 Å². The number of aryl methyl sites for hydroxylation is 1. The van der Waals surface area contributed by atoms with E-state index in [4.69, 9.17) is 4.74 Å². The van der Waals surface area contributed by atoms with E-state index in [1.165, 1.54) is 0 Å². The molecule has 1 saturated heterocycles. The standard InChI is InChI=1S/C15H24N4O3/c1-4-22-15(21)19-7-5-6-13(11-19)14(20)17(2)9-12-8-16-18(3)10-12/h8,10,13H,4-7,9,11H2,1-3H3. The number of hydrogen-bond donors (Lipinski definition) is 0. The summed E-state index contributed by atoms with van der Waals surface area (Å²) >= 11 is 0. The zero-order chi connectivity index (χ0) is 16.1. The molecule has 0 aromatic carbocycles. The number of rotatable bonds is 4. The lowest BCUT2D eigenvalue weighted by Crippen LogP contribution is -2.45. The Kier molecular flexibility index (Phi) is 5.41. The second-order valence-corrected chi connectivity index (χ2v) is 5.70. The van der Waals surface area contributed by atoms with Crippen molar-refractivity contribution in [3.63, 3.8) is 0 Å². The lowest BCUT2D eigenvalue weighted by atomic mass is 9.97. The van der Waals surface area contributed by atoms with Crippen molar-refractivity contribution in [3.05, 3.63) is 18.0 Å². The molecule has 22 heavy (non-hydrogen) atoms. The van der Waals surface area contributed by atoms with Gasteiger partial charge in [0.05, 0.1) is 18.7 Å². The Bertz CT molecular complexity index is 529. The van der Waals surface area contributed by atoms with Gasteiger partial charge in [-0.15, -0.1) is 0 Å². The van der Waals surface area contributed by atoms with Gasteiger partial charge in [-0.1, -0.05) is 0 Å². The van der Waals surface area contributed by atoms with Crippen LogP contribution in [0.5, 0.6) is 0 Å². The van der Waals surface area contributed by atoms with Crippen LogP contribution in [0.3, 0.4) is 0 Å². The zero-order valence-electron chi connectivity index (χ0n) is 13.5. The number of likely N-dealkylation sites (tertiary alicyclic amines) is 1. The van der Waals surface area contributed by atoms with E-state index >= 15 is 0 Å². The Morgan fingerprint density at radius 1 is 1.50 bits per heavy atom. The van der Waals surface area contributed by atoms with Gasteiger partial charge in [0.1, 0.15) is 0 Å². The number of carbonyl (C=O) groups is 2.